The highest BCUT2D eigenvalue weighted by atomic mass is 28.3. The van der Waals surface area contributed by atoms with Gasteiger partial charge in [-0.2, -0.15) is 0 Å². The number of hydrogen-bond donors (Lipinski definition) is 0. The molecule has 0 fully saturated rings. The van der Waals surface area contributed by atoms with Gasteiger partial charge in [0.25, 0.3) is 0 Å². The molecule has 24 rings (SSSR count). The molecule has 1 aliphatic carbocycles. The summed E-state index contributed by atoms with van der Waals surface area (Å²) in [4.78, 5) is 20.6. The lowest BCUT2D eigenvalue weighted by molar-refractivity contribution is 0.579. The molecule has 16 aromatic carbocycles. The van der Waals surface area contributed by atoms with Gasteiger partial charge in [-0.1, -0.05) is 312 Å². The van der Waals surface area contributed by atoms with Crippen molar-refractivity contribution >= 4 is 105 Å². The minimum absolute atomic E-state index is 0.0724. The fourth-order valence-corrected chi connectivity index (χ4v) is 22.7. The SMILES string of the molecule is CC1(C)c2ccccc2-c2ccc(-c3cc(-n4c5ccccc5c5cc(-c6cccc(-c7nc(-c8ccccc8)cc8ccccc78)n6)ccc54)c4ccccc4c3)cc21.Cc1cc2c(-n3c4ccccc4c4cc(-c5ccc(-c6nc(-c7ccccc7)c7ccccc7n6)cc5)ccc43)ccc(-c3ccc4c(c3)[Si](C)(C)c3ccccc3-4)c2o1. The summed E-state index contributed by atoms with van der Waals surface area (Å²) < 4.78 is 11.5. The van der Waals surface area contributed by atoms with Gasteiger partial charge < -0.3 is 13.6 Å². The lowest BCUT2D eigenvalue weighted by atomic mass is 9.81. The first-order chi connectivity index (χ1) is 58.9. The molecule has 120 heavy (non-hydrogen) atoms. The zero-order chi connectivity index (χ0) is 80.1. The first-order valence-corrected chi connectivity index (χ1v) is 44.4. The maximum Gasteiger partial charge on any atom is 0.160 e. The Labute approximate surface area is 696 Å². The Bertz CT molecular complexity index is 7990. The molecular weight excluding hydrogens is 1470 g/mol. The second-order valence-corrected chi connectivity index (χ2v) is 37.5. The molecule has 0 saturated carbocycles. The predicted octanol–water partition coefficient (Wildman–Crippen LogP) is 28.1. The average molecular weight is 1550 g/mol. The van der Waals surface area contributed by atoms with Gasteiger partial charge in [-0.05, 0) is 186 Å². The van der Waals surface area contributed by atoms with Crippen LogP contribution in [0.2, 0.25) is 13.1 Å². The quantitative estimate of drug-likeness (QED) is 0.128. The van der Waals surface area contributed by atoms with Crippen LogP contribution in [0.1, 0.15) is 30.7 Å². The molecule has 0 atom stereocenters. The molecule has 22 aromatic rings. The van der Waals surface area contributed by atoms with Crippen LogP contribution in [0.5, 0.6) is 0 Å². The van der Waals surface area contributed by atoms with Crippen LogP contribution in [0.15, 0.2) is 387 Å². The number of para-hydroxylation sites is 3. The molecule has 6 aromatic heterocycles. The van der Waals surface area contributed by atoms with Crippen molar-refractivity contribution in [1.82, 2.24) is 29.1 Å². The zero-order valence-corrected chi connectivity index (χ0v) is 68.0. The minimum Gasteiger partial charge on any atom is -0.461 e. The van der Waals surface area contributed by atoms with Crippen LogP contribution in [0.4, 0.5) is 0 Å². The highest BCUT2D eigenvalue weighted by molar-refractivity contribution is 7.03. The van der Waals surface area contributed by atoms with E-state index in [1.807, 2.05) is 24.3 Å². The second-order valence-electron chi connectivity index (χ2n) is 33.2. The van der Waals surface area contributed by atoms with Crippen molar-refractivity contribution in [2.24, 2.45) is 0 Å². The lowest BCUT2D eigenvalue weighted by Gasteiger charge is -2.22. The third-order valence-corrected chi connectivity index (χ3v) is 29.0. The third kappa shape index (κ3) is 11.4. The summed E-state index contributed by atoms with van der Waals surface area (Å²) in [5.74, 6) is 1.62. The minimum atomic E-state index is -1.83. The highest BCUT2D eigenvalue weighted by Gasteiger charge is 2.38. The summed E-state index contributed by atoms with van der Waals surface area (Å²) in [5, 5.41) is 14.7. The van der Waals surface area contributed by atoms with Gasteiger partial charge >= 0.3 is 0 Å². The number of rotatable bonds is 10. The molecule has 0 saturated heterocycles. The van der Waals surface area contributed by atoms with Crippen molar-refractivity contribution in [2.75, 3.05) is 0 Å². The standard InChI is InChI=1S/C57H39N3.C55H39N3OSi/c1-57(2)48-23-12-10-21-44(48)45-29-27-37(33-49(45)57)41-31-38-17-6-8-19-42(38)55(35-41)60-53-26-13-11-22-46(53)47-32-40(28-30-54(47)60)50-24-14-25-51(58-50)56-43-20-9-7-18-39(43)34-52(59-56)36-15-4-3-5-16-36;1-34-31-46-50(30-28-40(54(46)59-34)39-25-27-43-42-16-9-12-20-51(42)60(2,3)52(43)33-39)58-48-19-11-8-15-41(48)45-32-38(26-29-49(45)58)35-21-23-37(24-22-35)55-56-47-18-10-7-17-44(47)53(57-55)36-13-5-4-6-14-36/h3-35H,1-2H3;4-33H,1-3H3. The van der Waals surface area contributed by atoms with Gasteiger partial charge in [-0.3, -0.25) is 0 Å². The van der Waals surface area contributed by atoms with E-state index in [0.717, 1.165) is 128 Å². The number of pyridine rings is 2. The van der Waals surface area contributed by atoms with Gasteiger partial charge in [0.2, 0.25) is 0 Å². The molecule has 0 radical (unpaired) electrons. The summed E-state index contributed by atoms with van der Waals surface area (Å²) in [6, 6.07) is 138. The molecule has 566 valence electrons. The Kier molecular flexibility index (Phi) is 16.2. The van der Waals surface area contributed by atoms with Crippen molar-refractivity contribution in [3.05, 3.63) is 399 Å². The first-order valence-electron chi connectivity index (χ1n) is 41.4. The molecule has 2 aliphatic rings. The first kappa shape index (κ1) is 70.4. The fourth-order valence-electron chi connectivity index (χ4n) is 19.6. The van der Waals surface area contributed by atoms with Gasteiger partial charge in [0, 0.05) is 76.3 Å². The molecule has 0 unspecified atom stereocenters. The van der Waals surface area contributed by atoms with Crippen LogP contribution in [0, 0.1) is 6.92 Å². The smallest absolute Gasteiger partial charge is 0.160 e. The monoisotopic (exact) mass is 1550 g/mol. The van der Waals surface area contributed by atoms with E-state index in [2.05, 4.69) is 401 Å². The van der Waals surface area contributed by atoms with E-state index in [1.54, 1.807) is 0 Å². The van der Waals surface area contributed by atoms with Crippen molar-refractivity contribution in [1.29, 1.82) is 0 Å². The number of hydrogen-bond acceptors (Lipinski definition) is 5. The number of aryl methyl sites for hydroxylation is 1. The van der Waals surface area contributed by atoms with Crippen LogP contribution >= 0.6 is 0 Å². The van der Waals surface area contributed by atoms with Gasteiger partial charge in [0.05, 0.1) is 67.4 Å². The predicted molar refractivity (Wildman–Crippen MR) is 503 cm³/mol. The van der Waals surface area contributed by atoms with E-state index in [4.69, 9.17) is 24.4 Å². The largest absolute Gasteiger partial charge is 0.461 e. The zero-order valence-electron chi connectivity index (χ0n) is 67.0. The Morgan fingerprint density at radius 1 is 0.275 bits per heavy atom. The van der Waals surface area contributed by atoms with Crippen LogP contribution in [0.25, 0.3) is 211 Å². The number of furan rings is 1. The second kappa shape index (κ2) is 27.6. The van der Waals surface area contributed by atoms with E-state index < -0.39 is 8.07 Å². The number of aromatic nitrogens is 6. The van der Waals surface area contributed by atoms with Crippen LogP contribution < -0.4 is 10.4 Å². The van der Waals surface area contributed by atoms with Gasteiger partial charge in [0.15, 0.2) is 5.82 Å². The van der Waals surface area contributed by atoms with E-state index in [9.17, 15) is 0 Å². The Balaban J connectivity index is 0.000000140. The molecule has 7 heterocycles. The number of benzene rings is 16. The molecule has 0 spiro atoms. The van der Waals surface area contributed by atoms with E-state index >= 15 is 0 Å². The number of nitrogens with zero attached hydrogens (tertiary/aromatic N) is 6. The molecule has 7 nitrogen and oxygen atoms in total. The normalized spacial score (nSPS) is 13.0. The fraction of sp³-hybridized carbons (Fsp3) is 0.0536. The highest BCUT2D eigenvalue weighted by Crippen LogP contribution is 2.51. The molecule has 0 amide bonds. The summed E-state index contributed by atoms with van der Waals surface area (Å²) in [7, 11) is -1.83. The molecular formula is C112H78N6OSi. The third-order valence-electron chi connectivity index (χ3n) is 25.5. The molecule has 0 N–H and O–H groups in total. The molecule has 8 heteroatoms. The summed E-state index contributed by atoms with van der Waals surface area (Å²) >= 11 is 0. The van der Waals surface area contributed by atoms with E-state index in [-0.39, 0.29) is 5.41 Å². The maximum atomic E-state index is 6.61. The summed E-state index contributed by atoms with van der Waals surface area (Å²) in [6.07, 6.45) is 0. The van der Waals surface area contributed by atoms with Crippen LogP contribution in [-0.2, 0) is 5.41 Å². The maximum absolute atomic E-state index is 6.61. The van der Waals surface area contributed by atoms with Gasteiger partial charge in [-0.15, -0.1) is 0 Å². The molecule has 1 aliphatic heterocycles. The Morgan fingerprint density at radius 2 is 0.817 bits per heavy atom. The summed E-state index contributed by atoms with van der Waals surface area (Å²) in [5.41, 5.74) is 32.8. The Hall–Kier alpha value is -15.0. The van der Waals surface area contributed by atoms with Crippen molar-refractivity contribution < 1.29 is 4.42 Å². The average Bonchev–Trinajstić information content (AvgIpc) is 1.57. The summed E-state index contributed by atoms with van der Waals surface area (Å²) in [6.45, 7) is 11.7. The van der Waals surface area contributed by atoms with Crippen molar-refractivity contribution in [3.63, 3.8) is 0 Å². The van der Waals surface area contributed by atoms with Gasteiger partial charge in [-0.25, -0.2) is 19.9 Å². The number of fused-ring (bicyclic) bond motifs is 16. The topological polar surface area (TPSA) is 74.6 Å². The van der Waals surface area contributed by atoms with Crippen molar-refractivity contribution in [3.8, 4) is 124 Å². The molecule has 0 bridgehead atoms. The van der Waals surface area contributed by atoms with Crippen LogP contribution in [-0.4, -0.2) is 37.1 Å². The van der Waals surface area contributed by atoms with E-state index in [1.165, 1.54) is 109 Å². The van der Waals surface area contributed by atoms with Crippen molar-refractivity contribution in [2.45, 2.75) is 39.3 Å². The van der Waals surface area contributed by atoms with E-state index in [0.29, 0.717) is 0 Å². The van der Waals surface area contributed by atoms with Crippen LogP contribution in [0.3, 0.4) is 0 Å². The lowest BCUT2D eigenvalue weighted by Crippen LogP contribution is -2.49. The Morgan fingerprint density at radius 3 is 1.58 bits per heavy atom. The van der Waals surface area contributed by atoms with Gasteiger partial charge in [0.1, 0.15) is 19.4 Å².